The van der Waals surface area contributed by atoms with Crippen LogP contribution in [0.4, 0.5) is 10.1 Å². The molecule has 8 nitrogen and oxygen atoms in total. The molecule has 0 saturated heterocycles. The van der Waals surface area contributed by atoms with Gasteiger partial charge in [0.15, 0.2) is 0 Å². The Morgan fingerprint density at radius 2 is 1.90 bits per heavy atom. The smallest absolute Gasteiger partial charge is 0.267 e. The number of aromatic nitrogens is 2. The molecule has 1 aromatic heterocycles. The summed E-state index contributed by atoms with van der Waals surface area (Å²) in [5.74, 6) is -0.285. The average molecular weight is 554 g/mol. The molecule has 3 aromatic rings. The van der Waals surface area contributed by atoms with Crippen molar-refractivity contribution in [3.63, 3.8) is 0 Å². The standard InChI is InChI=1S/C32H36FN7O/c1-4-5-13-25(36-21(2)33)23-18-16-22(17-19-23)20-35-30(37-24-11-7-6-8-12-24)28-29(34)40-27-15-10-9-14-26(27)38-32(40)39(3)31(28)41/h5-8,11-13,16-19,26-27,34-35,37H,2,4,9-10,14-15,20H2,1,3H3/b13-5-,30-28-,34-29?,36-25?/t26-,27+/m1/s1. The molecule has 1 aliphatic carbocycles. The molecule has 0 bridgehead atoms. The van der Waals surface area contributed by atoms with E-state index in [0.717, 1.165) is 48.9 Å². The normalized spacial score (nSPS) is 18.9. The molecule has 1 saturated carbocycles. The Morgan fingerprint density at radius 3 is 2.61 bits per heavy atom. The summed E-state index contributed by atoms with van der Waals surface area (Å²) in [7, 11) is 1.73. The van der Waals surface area contributed by atoms with E-state index in [1.54, 1.807) is 17.7 Å². The van der Waals surface area contributed by atoms with Crippen molar-refractivity contribution >= 4 is 17.2 Å². The van der Waals surface area contributed by atoms with Gasteiger partial charge in [-0.1, -0.05) is 68.3 Å². The van der Waals surface area contributed by atoms with E-state index in [1.165, 1.54) is 0 Å². The second kappa shape index (κ2) is 12.3. The monoisotopic (exact) mass is 553 g/mol. The predicted octanol–water partition coefficient (Wildman–Crippen LogP) is 3.95. The SMILES string of the molecule is C=C(F)N=C(/C=C\CC)c1ccc(CN/C(Nc2ccccc2)=c2/c(=O)n(C)c3n(c2=N)[C@H]2CCCC[C@H]2N=3)cc1. The van der Waals surface area contributed by atoms with Crippen LogP contribution in [0, 0.1) is 5.41 Å². The van der Waals surface area contributed by atoms with Crippen LogP contribution in [0.5, 0.6) is 0 Å². The molecule has 2 aromatic carbocycles. The van der Waals surface area contributed by atoms with Gasteiger partial charge in [0.05, 0.1) is 17.8 Å². The Kier molecular flexibility index (Phi) is 8.42. The summed E-state index contributed by atoms with van der Waals surface area (Å²) >= 11 is 0. The van der Waals surface area contributed by atoms with Crippen molar-refractivity contribution in [2.45, 2.75) is 57.7 Å². The second-order valence-electron chi connectivity index (χ2n) is 10.4. The Labute approximate surface area is 238 Å². The number of fused-ring (bicyclic) bond motifs is 3. The maximum absolute atomic E-state index is 13.7. The Hall–Kier alpha value is -4.53. The quantitative estimate of drug-likeness (QED) is 0.276. The molecule has 3 N–H and O–H groups in total. The molecule has 0 unspecified atom stereocenters. The van der Waals surface area contributed by atoms with E-state index >= 15 is 0 Å². The van der Waals surface area contributed by atoms with Gasteiger partial charge in [0.2, 0.25) is 11.6 Å². The summed E-state index contributed by atoms with van der Waals surface area (Å²) in [6.45, 7) is 5.66. The first kappa shape index (κ1) is 28.0. The Morgan fingerprint density at radius 1 is 1.17 bits per heavy atom. The van der Waals surface area contributed by atoms with E-state index in [2.05, 4.69) is 22.2 Å². The highest BCUT2D eigenvalue weighted by Crippen LogP contribution is 2.30. The van der Waals surface area contributed by atoms with Crippen LogP contribution in [0.1, 0.15) is 56.2 Å². The number of benzene rings is 2. The predicted molar refractivity (Wildman–Crippen MR) is 161 cm³/mol. The molecule has 41 heavy (non-hydrogen) atoms. The molecule has 1 aliphatic heterocycles. The van der Waals surface area contributed by atoms with E-state index in [4.69, 9.17) is 4.99 Å². The number of nitrogens with zero attached hydrogens (tertiary/aromatic N) is 4. The molecule has 1 fully saturated rings. The molecule has 212 valence electrons. The lowest BCUT2D eigenvalue weighted by molar-refractivity contribution is 0.321. The van der Waals surface area contributed by atoms with Crippen LogP contribution in [-0.4, -0.2) is 20.9 Å². The minimum Gasteiger partial charge on any atom is -0.367 e. The molecular formula is C32H36FN7O. The van der Waals surface area contributed by atoms with Gasteiger partial charge in [-0.3, -0.25) is 19.3 Å². The number of para-hydroxylation sites is 1. The fourth-order valence-corrected chi connectivity index (χ4v) is 5.52. The van der Waals surface area contributed by atoms with Crippen LogP contribution >= 0.6 is 0 Å². The summed E-state index contributed by atoms with van der Waals surface area (Å²) in [6, 6.07) is 17.4. The number of nitrogens with one attached hydrogen (secondary N) is 3. The van der Waals surface area contributed by atoms with Gasteiger partial charge in [-0.15, -0.1) is 0 Å². The summed E-state index contributed by atoms with van der Waals surface area (Å²) in [4.78, 5) is 22.5. The fourth-order valence-electron chi connectivity index (χ4n) is 5.52. The molecule has 2 heterocycles. The first-order valence-corrected chi connectivity index (χ1v) is 14.1. The number of hydrogen-bond acceptors (Lipinski definition) is 6. The second-order valence-corrected chi connectivity index (χ2v) is 10.4. The minimum absolute atomic E-state index is 0.0975. The Bertz CT molecular complexity index is 1730. The first-order valence-electron chi connectivity index (χ1n) is 14.1. The highest BCUT2D eigenvalue weighted by molar-refractivity contribution is 6.09. The third-order valence-corrected chi connectivity index (χ3v) is 7.58. The average Bonchev–Trinajstić information content (AvgIpc) is 3.38. The number of anilines is 1. The molecule has 0 radical (unpaired) electrons. The zero-order chi connectivity index (χ0) is 28.9. The van der Waals surface area contributed by atoms with E-state index in [-0.39, 0.29) is 28.3 Å². The first-order chi connectivity index (χ1) is 19.9. The molecule has 5 rings (SSSR count). The Balaban J connectivity index is 1.54. The highest BCUT2D eigenvalue weighted by atomic mass is 19.1. The summed E-state index contributed by atoms with van der Waals surface area (Å²) in [6.07, 6.45) is 8.64. The van der Waals surface area contributed by atoms with Crippen LogP contribution in [0.2, 0.25) is 0 Å². The number of halogens is 1. The summed E-state index contributed by atoms with van der Waals surface area (Å²) in [5.41, 5.74) is 3.47. The van der Waals surface area contributed by atoms with Gasteiger partial charge in [0.1, 0.15) is 16.5 Å². The number of hydrogen-bond donors (Lipinski definition) is 3. The zero-order valence-electron chi connectivity index (χ0n) is 23.5. The fraction of sp³-hybridized carbons (Fsp3) is 0.312. The van der Waals surface area contributed by atoms with Crippen molar-refractivity contribution in [2.75, 3.05) is 5.32 Å². The lowest BCUT2D eigenvalue weighted by atomic mass is 9.91. The van der Waals surface area contributed by atoms with E-state index < -0.39 is 5.95 Å². The summed E-state index contributed by atoms with van der Waals surface area (Å²) in [5, 5.41) is 16.2. The highest BCUT2D eigenvalue weighted by Gasteiger charge is 2.33. The maximum Gasteiger partial charge on any atom is 0.267 e. The third-order valence-electron chi connectivity index (χ3n) is 7.58. The largest absolute Gasteiger partial charge is 0.367 e. The van der Waals surface area contributed by atoms with E-state index in [9.17, 15) is 14.6 Å². The van der Waals surface area contributed by atoms with Gasteiger partial charge in [-0.2, -0.15) is 4.39 Å². The third kappa shape index (κ3) is 5.99. The number of allylic oxidation sites excluding steroid dienone is 2. The molecule has 2 aliphatic rings. The topological polar surface area (TPSA) is 99.6 Å². The minimum atomic E-state index is -0.745. The van der Waals surface area contributed by atoms with Crippen molar-refractivity contribution in [3.05, 3.63) is 117 Å². The van der Waals surface area contributed by atoms with Gasteiger partial charge in [0.25, 0.3) is 5.56 Å². The van der Waals surface area contributed by atoms with Gasteiger partial charge in [-0.25, -0.2) is 9.98 Å². The van der Waals surface area contributed by atoms with Crippen LogP contribution in [0.15, 0.2) is 94.1 Å². The van der Waals surface area contributed by atoms with E-state index in [1.807, 2.05) is 72.2 Å². The summed E-state index contributed by atoms with van der Waals surface area (Å²) < 4.78 is 17.0. The van der Waals surface area contributed by atoms with Crippen molar-refractivity contribution < 1.29 is 4.39 Å². The lowest BCUT2D eigenvalue weighted by Gasteiger charge is -2.25. The van der Waals surface area contributed by atoms with Gasteiger partial charge in [0, 0.05) is 24.8 Å². The zero-order valence-corrected chi connectivity index (χ0v) is 23.5. The molecule has 2 atom stereocenters. The van der Waals surface area contributed by atoms with Crippen molar-refractivity contribution in [2.24, 2.45) is 17.0 Å². The number of rotatable bonds is 9. The molecular weight excluding hydrogens is 517 g/mol. The van der Waals surface area contributed by atoms with Crippen LogP contribution < -0.4 is 32.5 Å². The molecule has 9 heteroatoms. The number of aliphatic imine (C=N–C) groups is 1. The van der Waals surface area contributed by atoms with Crippen LogP contribution in [0.25, 0.3) is 5.82 Å². The van der Waals surface area contributed by atoms with Gasteiger partial charge in [-0.05, 0) is 49.6 Å². The molecule has 0 spiro atoms. The van der Waals surface area contributed by atoms with Crippen molar-refractivity contribution in [1.29, 1.82) is 5.41 Å². The van der Waals surface area contributed by atoms with Gasteiger partial charge < -0.3 is 10.6 Å². The van der Waals surface area contributed by atoms with E-state index in [0.29, 0.717) is 23.7 Å². The van der Waals surface area contributed by atoms with Crippen LogP contribution in [0.3, 0.4) is 0 Å². The van der Waals surface area contributed by atoms with Crippen LogP contribution in [-0.2, 0) is 13.6 Å². The van der Waals surface area contributed by atoms with Crippen molar-refractivity contribution in [3.8, 4) is 0 Å². The maximum atomic E-state index is 13.7. The van der Waals surface area contributed by atoms with Gasteiger partial charge >= 0.3 is 0 Å². The lowest BCUT2D eigenvalue weighted by Crippen LogP contribution is -2.59. The molecule has 0 amide bonds. The van der Waals surface area contributed by atoms with Crippen molar-refractivity contribution in [1.82, 2.24) is 14.5 Å².